The first-order chi connectivity index (χ1) is 8.36. The molecule has 0 fully saturated rings. The van der Waals surface area contributed by atoms with Crippen molar-refractivity contribution in [2.45, 2.75) is 12.8 Å². The van der Waals surface area contributed by atoms with E-state index in [1.54, 1.807) is 6.07 Å². The number of hydrogen-bond acceptors (Lipinski definition) is 4. The Hall–Kier alpha value is -1.55. The minimum absolute atomic E-state index is 0.565. The lowest BCUT2D eigenvalue weighted by molar-refractivity contribution is 0.111. The predicted octanol–water partition coefficient (Wildman–Crippen LogP) is 1.42. The summed E-state index contributed by atoms with van der Waals surface area (Å²) in [5.74, 6) is 1.34. The van der Waals surface area contributed by atoms with Crippen molar-refractivity contribution in [2.75, 3.05) is 26.8 Å². The zero-order chi connectivity index (χ0) is 12.1. The second kappa shape index (κ2) is 5.68. The number of benzene rings is 1. The quantitative estimate of drug-likeness (QED) is 0.802. The molecule has 0 aliphatic carbocycles. The van der Waals surface area contributed by atoms with E-state index in [-0.39, 0.29) is 0 Å². The minimum atomic E-state index is 0.565. The van der Waals surface area contributed by atoms with Crippen LogP contribution in [0, 0.1) is 0 Å². The van der Waals surface area contributed by atoms with Crippen LogP contribution < -0.4 is 14.8 Å². The number of nitrogens with one attached hydrogen (secondary N) is 1. The number of carbonyl (C=O) groups is 1. The largest absolute Gasteiger partial charge is 0.489 e. The van der Waals surface area contributed by atoms with Crippen molar-refractivity contribution in [3.05, 3.63) is 23.3 Å². The first-order valence-corrected chi connectivity index (χ1v) is 5.88. The van der Waals surface area contributed by atoms with Gasteiger partial charge in [-0.3, -0.25) is 4.79 Å². The van der Waals surface area contributed by atoms with E-state index in [1.807, 2.05) is 13.1 Å². The third kappa shape index (κ3) is 2.58. The van der Waals surface area contributed by atoms with Gasteiger partial charge in [-0.2, -0.15) is 0 Å². The summed E-state index contributed by atoms with van der Waals surface area (Å²) in [7, 11) is 1.91. The lowest BCUT2D eigenvalue weighted by Crippen LogP contribution is -2.11. The van der Waals surface area contributed by atoms with E-state index in [9.17, 15) is 4.79 Å². The van der Waals surface area contributed by atoms with Gasteiger partial charge in [-0.15, -0.1) is 0 Å². The first kappa shape index (κ1) is 11.9. The van der Waals surface area contributed by atoms with E-state index >= 15 is 0 Å². The molecule has 4 nitrogen and oxygen atoms in total. The lowest BCUT2D eigenvalue weighted by atomic mass is 10.1. The number of carbonyl (C=O) groups excluding carboxylic acids is 1. The SMILES string of the molecule is CNCCc1ccc(C=O)c2c1OCCCO2. The fourth-order valence-electron chi connectivity index (χ4n) is 1.88. The fraction of sp³-hybridized carbons (Fsp3) is 0.462. The van der Waals surface area contributed by atoms with E-state index in [2.05, 4.69) is 5.32 Å². The molecule has 0 spiro atoms. The first-order valence-electron chi connectivity index (χ1n) is 5.88. The molecule has 0 atom stereocenters. The molecule has 2 rings (SSSR count). The number of ether oxygens (including phenoxy) is 2. The zero-order valence-electron chi connectivity index (χ0n) is 9.99. The summed E-state index contributed by atoms with van der Waals surface area (Å²) < 4.78 is 11.3. The molecule has 0 amide bonds. The van der Waals surface area contributed by atoms with Gasteiger partial charge >= 0.3 is 0 Å². The molecule has 1 aromatic carbocycles. The average Bonchev–Trinajstić information content (AvgIpc) is 2.61. The molecule has 1 aliphatic heterocycles. The number of fused-ring (bicyclic) bond motifs is 1. The topological polar surface area (TPSA) is 47.6 Å². The van der Waals surface area contributed by atoms with Gasteiger partial charge in [0.1, 0.15) is 0 Å². The summed E-state index contributed by atoms with van der Waals surface area (Å²) >= 11 is 0. The Labute approximate surface area is 101 Å². The Bertz CT molecular complexity index is 404. The van der Waals surface area contributed by atoms with Crippen LogP contribution in [0.5, 0.6) is 11.5 Å². The summed E-state index contributed by atoms with van der Waals surface area (Å²) in [6.07, 6.45) is 2.52. The molecule has 0 bridgehead atoms. The van der Waals surface area contributed by atoms with Gasteiger partial charge in [-0.1, -0.05) is 6.07 Å². The molecule has 0 radical (unpaired) electrons. The van der Waals surface area contributed by atoms with E-state index < -0.39 is 0 Å². The number of hydrogen-bond donors (Lipinski definition) is 1. The summed E-state index contributed by atoms with van der Waals surface area (Å²) in [5, 5.41) is 3.10. The normalized spacial score (nSPS) is 14.2. The molecule has 17 heavy (non-hydrogen) atoms. The molecule has 1 heterocycles. The maximum Gasteiger partial charge on any atom is 0.171 e. The lowest BCUT2D eigenvalue weighted by Gasteiger charge is -2.14. The van der Waals surface area contributed by atoms with Crippen LogP contribution in [0.1, 0.15) is 22.3 Å². The maximum absolute atomic E-state index is 11.0. The highest BCUT2D eigenvalue weighted by molar-refractivity contribution is 5.82. The van der Waals surface area contributed by atoms with Crippen LogP contribution >= 0.6 is 0 Å². The van der Waals surface area contributed by atoms with Crippen LogP contribution in [-0.4, -0.2) is 33.1 Å². The number of rotatable bonds is 4. The third-order valence-corrected chi connectivity index (χ3v) is 2.78. The van der Waals surface area contributed by atoms with Crippen molar-refractivity contribution in [3.63, 3.8) is 0 Å². The van der Waals surface area contributed by atoms with Crippen LogP contribution in [0.25, 0.3) is 0 Å². The smallest absolute Gasteiger partial charge is 0.171 e. The van der Waals surface area contributed by atoms with E-state index in [1.165, 1.54) is 0 Å². The number of aldehydes is 1. The summed E-state index contributed by atoms with van der Waals surface area (Å²) in [6.45, 7) is 2.11. The summed E-state index contributed by atoms with van der Waals surface area (Å²) in [5.41, 5.74) is 1.65. The molecule has 0 saturated heterocycles. The van der Waals surface area contributed by atoms with Gasteiger partial charge in [0.25, 0.3) is 0 Å². The van der Waals surface area contributed by atoms with Crippen LogP contribution in [0.4, 0.5) is 0 Å². The second-order valence-electron chi connectivity index (χ2n) is 3.99. The molecular formula is C13H17NO3. The minimum Gasteiger partial charge on any atom is -0.489 e. The second-order valence-corrected chi connectivity index (χ2v) is 3.99. The van der Waals surface area contributed by atoms with Crippen molar-refractivity contribution >= 4 is 6.29 Å². The van der Waals surface area contributed by atoms with Gasteiger partial charge in [0.15, 0.2) is 17.8 Å². The Kier molecular flexibility index (Phi) is 3.98. The molecule has 1 aliphatic rings. The summed E-state index contributed by atoms with van der Waals surface area (Å²) in [6, 6.07) is 3.74. The Morgan fingerprint density at radius 1 is 1.29 bits per heavy atom. The molecule has 0 saturated carbocycles. The van der Waals surface area contributed by atoms with Gasteiger partial charge in [0, 0.05) is 6.42 Å². The predicted molar refractivity (Wildman–Crippen MR) is 65.1 cm³/mol. The molecular weight excluding hydrogens is 218 g/mol. The van der Waals surface area contributed by atoms with Crippen molar-refractivity contribution in [1.82, 2.24) is 5.32 Å². The fourth-order valence-corrected chi connectivity index (χ4v) is 1.88. The highest BCUT2D eigenvalue weighted by atomic mass is 16.5. The molecule has 1 N–H and O–H groups in total. The van der Waals surface area contributed by atoms with E-state index in [4.69, 9.17) is 9.47 Å². The zero-order valence-corrected chi connectivity index (χ0v) is 9.99. The monoisotopic (exact) mass is 235 g/mol. The van der Waals surface area contributed by atoms with Gasteiger partial charge in [0.2, 0.25) is 0 Å². The third-order valence-electron chi connectivity index (χ3n) is 2.78. The van der Waals surface area contributed by atoms with Crippen LogP contribution in [-0.2, 0) is 6.42 Å². The highest BCUT2D eigenvalue weighted by Crippen LogP contribution is 2.36. The van der Waals surface area contributed by atoms with Crippen LogP contribution in [0.2, 0.25) is 0 Å². The Balaban J connectivity index is 2.37. The number of likely N-dealkylation sites (N-methyl/N-ethyl adjacent to an activating group) is 1. The highest BCUT2D eigenvalue weighted by Gasteiger charge is 2.18. The van der Waals surface area contributed by atoms with Crippen LogP contribution in [0.3, 0.4) is 0 Å². The molecule has 0 unspecified atom stereocenters. The van der Waals surface area contributed by atoms with Crippen molar-refractivity contribution in [3.8, 4) is 11.5 Å². The van der Waals surface area contributed by atoms with Crippen LogP contribution in [0.15, 0.2) is 12.1 Å². The molecule has 92 valence electrons. The van der Waals surface area contributed by atoms with E-state index in [0.717, 1.165) is 37.0 Å². The summed E-state index contributed by atoms with van der Waals surface area (Å²) in [4.78, 5) is 11.0. The van der Waals surface area contributed by atoms with Crippen molar-refractivity contribution in [2.24, 2.45) is 0 Å². The standard InChI is InChI=1S/C13H17NO3/c1-14-6-5-10-3-4-11(9-15)13-12(10)16-7-2-8-17-13/h3-4,9,14H,2,5-8H2,1H3. The average molecular weight is 235 g/mol. The molecule has 4 heteroatoms. The Morgan fingerprint density at radius 2 is 2.06 bits per heavy atom. The van der Waals surface area contributed by atoms with Gasteiger partial charge in [0.05, 0.1) is 18.8 Å². The maximum atomic E-state index is 11.0. The van der Waals surface area contributed by atoms with Gasteiger partial charge in [-0.05, 0) is 31.6 Å². The van der Waals surface area contributed by atoms with Crippen molar-refractivity contribution < 1.29 is 14.3 Å². The molecule has 0 aromatic heterocycles. The van der Waals surface area contributed by atoms with Gasteiger partial charge < -0.3 is 14.8 Å². The molecule has 1 aromatic rings. The van der Waals surface area contributed by atoms with E-state index in [0.29, 0.717) is 24.5 Å². The Morgan fingerprint density at radius 3 is 2.76 bits per heavy atom. The van der Waals surface area contributed by atoms with Crippen molar-refractivity contribution in [1.29, 1.82) is 0 Å². The van der Waals surface area contributed by atoms with Gasteiger partial charge in [-0.25, -0.2) is 0 Å².